The largest absolute Gasteiger partial charge is 2.00 e. The van der Waals surface area contributed by atoms with Crippen LogP contribution >= 0.6 is 0 Å². The van der Waals surface area contributed by atoms with Crippen molar-refractivity contribution in [2.45, 2.75) is 26.2 Å². The average Bonchev–Trinajstić information content (AvgIpc) is 3.48. The van der Waals surface area contributed by atoms with E-state index in [-0.39, 0.29) is 26.5 Å². The fourth-order valence-corrected chi connectivity index (χ4v) is 6.61. The van der Waals surface area contributed by atoms with Crippen molar-refractivity contribution in [3.05, 3.63) is 157 Å². The van der Waals surface area contributed by atoms with E-state index in [1.165, 1.54) is 5.56 Å². The molecule has 6 nitrogen and oxygen atoms in total. The molecule has 250 valence electrons. The van der Waals surface area contributed by atoms with Gasteiger partial charge in [-0.2, -0.15) is 0 Å². The van der Waals surface area contributed by atoms with Crippen LogP contribution in [0.15, 0.2) is 140 Å². The van der Waals surface area contributed by atoms with Gasteiger partial charge in [0.15, 0.2) is 17.2 Å². The number of anilines is 3. The molecular weight excluding hydrogens is 812 g/mol. The molecule has 1 aliphatic heterocycles. The SMILES string of the molecule is CC(C)(C)c1ccnc(-n2c3[c-]c4c(cc3c3ccccc32)Oc2ccccc2Oc2ccccc2N4c2[c-]c(-c3ccccn3)ccc2)c1.[Pt+2]. The summed E-state index contributed by atoms with van der Waals surface area (Å²) in [4.78, 5) is 11.6. The zero-order valence-electron chi connectivity index (χ0n) is 28.2. The van der Waals surface area contributed by atoms with Crippen LogP contribution in [0, 0.1) is 12.1 Å². The van der Waals surface area contributed by atoms with Gasteiger partial charge in [0.25, 0.3) is 0 Å². The molecule has 0 amide bonds. The normalized spacial score (nSPS) is 12.3. The summed E-state index contributed by atoms with van der Waals surface area (Å²) in [7, 11) is 0. The number of hydrogen-bond donors (Lipinski definition) is 0. The Labute approximate surface area is 311 Å². The number of para-hydroxylation sites is 5. The fraction of sp³-hybridized carbons (Fsp3) is 0.0909. The second-order valence-corrected chi connectivity index (χ2v) is 13.4. The van der Waals surface area contributed by atoms with E-state index < -0.39 is 0 Å². The molecule has 0 N–H and O–H groups in total. The molecule has 0 atom stereocenters. The van der Waals surface area contributed by atoms with Gasteiger partial charge in [0.2, 0.25) is 0 Å². The summed E-state index contributed by atoms with van der Waals surface area (Å²) >= 11 is 0. The van der Waals surface area contributed by atoms with Crippen LogP contribution in [0.1, 0.15) is 26.3 Å². The molecule has 7 heteroatoms. The van der Waals surface area contributed by atoms with E-state index in [1.54, 1.807) is 6.20 Å². The van der Waals surface area contributed by atoms with E-state index >= 15 is 0 Å². The summed E-state index contributed by atoms with van der Waals surface area (Å²) in [6, 6.07) is 50.1. The number of nitrogens with zero attached hydrogens (tertiary/aromatic N) is 4. The molecular formula is C44H32N4O2Pt. The Balaban J connectivity index is 0.00000374. The minimum absolute atomic E-state index is 0. The van der Waals surface area contributed by atoms with Gasteiger partial charge in [-0.1, -0.05) is 86.3 Å². The minimum Gasteiger partial charge on any atom is -0.511 e. The van der Waals surface area contributed by atoms with E-state index in [1.807, 2.05) is 85.1 Å². The molecule has 8 aromatic rings. The summed E-state index contributed by atoms with van der Waals surface area (Å²) in [5, 5.41) is 2.08. The molecule has 0 saturated heterocycles. The summed E-state index contributed by atoms with van der Waals surface area (Å²) < 4.78 is 15.7. The quantitative estimate of drug-likeness (QED) is 0.166. The van der Waals surface area contributed by atoms with Crippen LogP contribution in [-0.4, -0.2) is 14.5 Å². The molecule has 0 bridgehead atoms. The van der Waals surface area contributed by atoms with Crippen LogP contribution in [0.4, 0.5) is 17.1 Å². The van der Waals surface area contributed by atoms with Gasteiger partial charge >= 0.3 is 21.1 Å². The monoisotopic (exact) mass is 843 g/mol. The summed E-state index contributed by atoms with van der Waals surface area (Å²) in [5.74, 6) is 3.34. The third-order valence-electron chi connectivity index (χ3n) is 9.08. The van der Waals surface area contributed by atoms with E-state index in [4.69, 9.17) is 14.5 Å². The van der Waals surface area contributed by atoms with Crippen molar-refractivity contribution in [2.24, 2.45) is 0 Å². The maximum Gasteiger partial charge on any atom is 2.00 e. The molecule has 4 heterocycles. The molecule has 0 spiro atoms. The van der Waals surface area contributed by atoms with Gasteiger partial charge in [0, 0.05) is 23.7 Å². The van der Waals surface area contributed by atoms with Crippen molar-refractivity contribution in [3.63, 3.8) is 0 Å². The van der Waals surface area contributed by atoms with Crippen LogP contribution in [0.3, 0.4) is 0 Å². The van der Waals surface area contributed by atoms with Gasteiger partial charge in [-0.25, -0.2) is 4.98 Å². The maximum absolute atomic E-state index is 6.85. The zero-order chi connectivity index (χ0) is 33.8. The van der Waals surface area contributed by atoms with Crippen molar-refractivity contribution < 1.29 is 30.5 Å². The Hall–Kier alpha value is -5.71. The Morgan fingerprint density at radius 2 is 1.33 bits per heavy atom. The van der Waals surface area contributed by atoms with Crippen molar-refractivity contribution in [3.8, 4) is 40.1 Å². The number of aromatic nitrogens is 3. The number of fused-ring (bicyclic) bond motifs is 6. The standard InChI is InChI=1S/C44H32N4O2.Pt/c1-44(2,3)30-22-24-46-43(26-30)48-35-17-5-4-15-32(35)33-27-42-38(28-37(33)48)47(31-14-12-13-29(25-31)34-16-10-11-23-45-34)36-18-6-7-19-39(36)49-40-20-8-9-21-41(40)50-42;/h4-24,26-27H,1-3H3;/q-2;+2. The molecule has 0 radical (unpaired) electrons. The van der Waals surface area contributed by atoms with Gasteiger partial charge in [0.1, 0.15) is 5.82 Å². The third-order valence-corrected chi connectivity index (χ3v) is 9.08. The van der Waals surface area contributed by atoms with Gasteiger partial charge in [-0.15, -0.1) is 42.0 Å². The first-order valence-electron chi connectivity index (χ1n) is 16.7. The topological polar surface area (TPSA) is 52.4 Å². The zero-order valence-corrected chi connectivity index (χ0v) is 30.5. The predicted molar refractivity (Wildman–Crippen MR) is 199 cm³/mol. The third kappa shape index (κ3) is 5.76. The number of benzene rings is 5. The molecule has 51 heavy (non-hydrogen) atoms. The first-order valence-corrected chi connectivity index (χ1v) is 16.7. The summed E-state index contributed by atoms with van der Waals surface area (Å²) in [6.07, 6.45) is 3.69. The van der Waals surface area contributed by atoms with Crippen LogP contribution in [0.2, 0.25) is 0 Å². The first kappa shape index (κ1) is 32.5. The molecule has 5 aromatic carbocycles. The predicted octanol–water partition coefficient (Wildman–Crippen LogP) is 11.5. The number of rotatable bonds is 3. The van der Waals surface area contributed by atoms with Crippen LogP contribution in [0.25, 0.3) is 38.9 Å². The average molecular weight is 844 g/mol. The Bertz CT molecular complexity index is 2560. The number of hydrogen-bond acceptors (Lipinski definition) is 5. The Morgan fingerprint density at radius 1 is 0.608 bits per heavy atom. The van der Waals surface area contributed by atoms with Crippen LogP contribution in [0.5, 0.6) is 23.0 Å². The Morgan fingerprint density at radius 3 is 2.12 bits per heavy atom. The van der Waals surface area contributed by atoms with Crippen molar-refractivity contribution in [1.82, 2.24) is 14.5 Å². The Kier molecular flexibility index (Phi) is 8.20. The minimum atomic E-state index is -0.0516. The van der Waals surface area contributed by atoms with Crippen LogP contribution < -0.4 is 14.4 Å². The van der Waals surface area contributed by atoms with Crippen molar-refractivity contribution in [1.29, 1.82) is 0 Å². The van der Waals surface area contributed by atoms with Crippen molar-refractivity contribution >= 4 is 38.9 Å². The smallest absolute Gasteiger partial charge is 0.511 e. The van der Waals surface area contributed by atoms with E-state index in [9.17, 15) is 0 Å². The van der Waals surface area contributed by atoms with Gasteiger partial charge < -0.3 is 23.9 Å². The van der Waals surface area contributed by atoms with Gasteiger partial charge in [-0.3, -0.25) is 0 Å². The summed E-state index contributed by atoms with van der Waals surface area (Å²) in [5.41, 5.74) is 7.06. The van der Waals surface area contributed by atoms with Crippen LogP contribution in [-0.2, 0) is 26.5 Å². The molecule has 9 rings (SSSR count). The number of pyridine rings is 2. The molecule has 0 saturated carbocycles. The summed E-state index contributed by atoms with van der Waals surface area (Å²) in [6.45, 7) is 6.66. The van der Waals surface area contributed by atoms with Crippen molar-refractivity contribution in [2.75, 3.05) is 4.90 Å². The molecule has 0 fully saturated rings. The second-order valence-electron chi connectivity index (χ2n) is 13.4. The number of ether oxygens (including phenoxy) is 2. The fourth-order valence-electron chi connectivity index (χ4n) is 6.61. The van der Waals surface area contributed by atoms with E-state index in [0.717, 1.165) is 50.3 Å². The second kappa shape index (κ2) is 12.9. The maximum atomic E-state index is 6.85. The van der Waals surface area contributed by atoms with E-state index in [0.29, 0.717) is 28.7 Å². The molecule has 3 aromatic heterocycles. The van der Waals surface area contributed by atoms with E-state index in [2.05, 4.69) is 95.9 Å². The molecule has 0 unspecified atom stereocenters. The molecule has 0 aliphatic carbocycles. The molecule has 1 aliphatic rings. The van der Waals surface area contributed by atoms with Gasteiger partial charge in [-0.05, 0) is 82.0 Å². The first-order chi connectivity index (χ1) is 24.4. The van der Waals surface area contributed by atoms with Gasteiger partial charge in [0.05, 0.1) is 5.69 Å².